The van der Waals surface area contributed by atoms with Gasteiger partial charge in [-0.25, -0.2) is 17.8 Å². The van der Waals surface area contributed by atoms with E-state index in [9.17, 15) is 32.0 Å². The Labute approximate surface area is 323 Å². The first-order chi connectivity index (χ1) is 25.8. The predicted octanol–water partition coefficient (Wildman–Crippen LogP) is 6.06. The maximum atomic E-state index is 14.8. The summed E-state index contributed by atoms with van der Waals surface area (Å²) in [4.78, 5) is 62.5. The van der Waals surface area contributed by atoms with E-state index in [2.05, 4.69) is 16.6 Å². The fraction of sp³-hybridized carbons (Fsp3) is 0.634. The maximum Gasteiger partial charge on any atom is 0.307 e. The van der Waals surface area contributed by atoms with Gasteiger partial charge in [0.2, 0.25) is 27.7 Å². The Morgan fingerprint density at radius 3 is 2.51 bits per heavy atom. The Bertz CT molecular complexity index is 1990. The van der Waals surface area contributed by atoms with Crippen LogP contribution in [0.5, 0.6) is 11.6 Å². The number of amides is 2. The lowest BCUT2D eigenvalue weighted by atomic mass is 9.82. The van der Waals surface area contributed by atoms with Gasteiger partial charge in [0.1, 0.15) is 23.3 Å². The van der Waals surface area contributed by atoms with Crippen LogP contribution in [0.2, 0.25) is 0 Å². The number of sulfonamides is 1. The van der Waals surface area contributed by atoms with Crippen molar-refractivity contribution in [1.82, 2.24) is 14.6 Å². The highest BCUT2D eigenvalue weighted by Crippen LogP contribution is 2.57. The van der Waals surface area contributed by atoms with Gasteiger partial charge in [-0.2, -0.15) is 0 Å². The van der Waals surface area contributed by atoms with Gasteiger partial charge in [0.15, 0.2) is 5.78 Å². The minimum absolute atomic E-state index is 0.0353. The number of pyridine rings is 1. The van der Waals surface area contributed by atoms with E-state index in [0.717, 1.165) is 6.42 Å². The number of nitrogens with one attached hydrogen (secondary N) is 1. The standard InChI is InChI=1S/C41H54FN3O9S/c1-24-10-8-9-11-26-21-41(26,38(49)44-55(50,51)40(6)13-14-40)22-33(46)32-19-28(53-36-31-17-27(42)18-34(52-7)29(31)12-15-43-36)23-45(32)37(48)30(25(2)16-24)20-35(47)54-39(3,4)5/h9,11-12,15,17-18,24-26,28,30,32H,8,10,13-14,16,19-23H2,1-7H3,(H,44,49)/b11-9-/t24-,25-,26-,28-,30+,32+,41-/m1/s1. The maximum absolute atomic E-state index is 14.8. The van der Waals surface area contributed by atoms with Crippen molar-refractivity contribution in [2.75, 3.05) is 13.7 Å². The number of esters is 1. The molecule has 1 aromatic heterocycles. The molecule has 0 radical (unpaired) electrons. The second kappa shape index (κ2) is 15.1. The molecule has 2 aliphatic carbocycles. The van der Waals surface area contributed by atoms with Crippen molar-refractivity contribution in [3.8, 4) is 11.6 Å². The summed E-state index contributed by atoms with van der Waals surface area (Å²) in [6.45, 7) is 10.9. The third-order valence-corrected chi connectivity index (χ3v) is 14.0. The molecule has 2 aliphatic heterocycles. The van der Waals surface area contributed by atoms with Crippen molar-refractivity contribution in [2.45, 2.75) is 122 Å². The number of ether oxygens (including phenoxy) is 3. The monoisotopic (exact) mass is 783 g/mol. The third kappa shape index (κ3) is 8.68. The SMILES string of the molecule is COc1cc(F)cc2c(O[C@@H]3C[C@H]4C(=O)C[C@]5(C(=O)NS(=O)(=O)C6(C)CC6)C[C@H]5/C=C\CC[C@@H](C)C[C@@H](C)[C@H](CC(=O)OC(C)(C)C)C(=O)N4C3)nccc12. The summed E-state index contributed by atoms with van der Waals surface area (Å²) in [5.41, 5.74) is -2.08. The molecule has 2 saturated carbocycles. The third-order valence-electron chi connectivity index (χ3n) is 11.9. The van der Waals surface area contributed by atoms with Gasteiger partial charge in [-0.15, -0.1) is 0 Å². The number of methoxy groups -OCH3 is 1. The highest BCUT2D eigenvalue weighted by molar-refractivity contribution is 7.91. The normalized spacial score (nSPS) is 30.3. The largest absolute Gasteiger partial charge is 0.496 e. The molecule has 2 aromatic rings. The lowest BCUT2D eigenvalue weighted by Crippen LogP contribution is -2.48. The van der Waals surface area contributed by atoms with Crippen LogP contribution in [0.15, 0.2) is 36.5 Å². The molecule has 12 nitrogen and oxygen atoms in total. The van der Waals surface area contributed by atoms with Crippen molar-refractivity contribution < 1.29 is 46.2 Å². The number of ketones is 1. The number of hydrogen-bond donors (Lipinski definition) is 1. The molecule has 0 spiro atoms. The van der Waals surface area contributed by atoms with Crippen molar-refractivity contribution in [3.63, 3.8) is 0 Å². The first-order valence-corrected chi connectivity index (χ1v) is 20.8. The van der Waals surface area contributed by atoms with Crippen molar-refractivity contribution in [1.29, 1.82) is 0 Å². The van der Waals surface area contributed by atoms with Gasteiger partial charge in [-0.05, 0) is 96.1 Å². The lowest BCUT2D eigenvalue weighted by Gasteiger charge is -2.32. The van der Waals surface area contributed by atoms with E-state index in [1.807, 2.05) is 19.1 Å². The second-order valence-corrected chi connectivity index (χ2v) is 19.7. The zero-order valence-corrected chi connectivity index (χ0v) is 33.7. The molecule has 300 valence electrons. The number of benzene rings is 1. The van der Waals surface area contributed by atoms with Crippen LogP contribution in [0.1, 0.15) is 99.3 Å². The van der Waals surface area contributed by atoms with Gasteiger partial charge in [-0.1, -0.05) is 26.0 Å². The number of hydrogen-bond acceptors (Lipinski definition) is 10. The molecule has 0 bridgehead atoms. The summed E-state index contributed by atoms with van der Waals surface area (Å²) >= 11 is 0. The minimum Gasteiger partial charge on any atom is -0.496 e. The van der Waals surface area contributed by atoms with Crippen LogP contribution in [0.4, 0.5) is 4.39 Å². The predicted molar refractivity (Wildman–Crippen MR) is 203 cm³/mol. The number of carbonyl (C=O) groups excluding carboxylic acids is 4. The molecule has 2 amide bonds. The number of allylic oxidation sites excluding steroid dienone is 2. The van der Waals surface area contributed by atoms with Crippen molar-refractivity contribution >= 4 is 44.4 Å². The molecule has 14 heteroatoms. The molecule has 7 atom stereocenters. The highest BCUT2D eigenvalue weighted by Gasteiger charge is 2.62. The number of halogens is 1. The van der Waals surface area contributed by atoms with E-state index in [-0.39, 0.29) is 61.6 Å². The van der Waals surface area contributed by atoms with E-state index in [0.29, 0.717) is 36.5 Å². The van der Waals surface area contributed by atoms with Gasteiger partial charge in [0, 0.05) is 30.5 Å². The number of fused-ring (bicyclic) bond motifs is 3. The first-order valence-electron chi connectivity index (χ1n) is 19.3. The summed E-state index contributed by atoms with van der Waals surface area (Å²) in [6.07, 6.45) is 7.49. The van der Waals surface area contributed by atoms with Crippen LogP contribution in [-0.4, -0.2) is 78.0 Å². The Balaban J connectivity index is 1.36. The molecule has 1 aromatic carbocycles. The summed E-state index contributed by atoms with van der Waals surface area (Å²) in [6, 6.07) is 3.15. The topological polar surface area (TPSA) is 158 Å². The summed E-state index contributed by atoms with van der Waals surface area (Å²) in [5.74, 6) is -3.50. The molecule has 6 rings (SSSR count). The van der Waals surface area contributed by atoms with E-state index in [1.165, 1.54) is 30.3 Å². The molecule has 3 fully saturated rings. The zero-order valence-electron chi connectivity index (χ0n) is 32.9. The van der Waals surface area contributed by atoms with E-state index >= 15 is 0 Å². The average Bonchev–Trinajstić information content (AvgIpc) is 3.97. The van der Waals surface area contributed by atoms with Crippen LogP contribution in [0.3, 0.4) is 0 Å². The Morgan fingerprint density at radius 2 is 1.84 bits per heavy atom. The molecular formula is C41H54FN3O9S. The van der Waals surface area contributed by atoms with Crippen molar-refractivity contribution in [3.05, 3.63) is 42.4 Å². The molecular weight excluding hydrogens is 730 g/mol. The van der Waals surface area contributed by atoms with E-state index in [1.54, 1.807) is 33.8 Å². The Hall–Kier alpha value is -4.07. The van der Waals surface area contributed by atoms with E-state index < -0.39 is 73.2 Å². The molecule has 3 heterocycles. The zero-order chi connectivity index (χ0) is 40.1. The van der Waals surface area contributed by atoms with Gasteiger partial charge >= 0.3 is 5.97 Å². The molecule has 1 saturated heterocycles. The number of carbonyl (C=O) groups is 4. The smallest absolute Gasteiger partial charge is 0.307 e. The Kier molecular flexibility index (Phi) is 11.2. The number of nitrogens with zero attached hydrogens (tertiary/aromatic N) is 2. The summed E-state index contributed by atoms with van der Waals surface area (Å²) in [7, 11) is -2.55. The number of Topliss-reactive ketones (excluding diaryl/α,β-unsaturated/α-hetero) is 1. The molecule has 4 aliphatic rings. The van der Waals surface area contributed by atoms with Crippen molar-refractivity contribution in [2.24, 2.45) is 29.1 Å². The fourth-order valence-corrected chi connectivity index (χ4v) is 9.59. The van der Waals surface area contributed by atoms with Crippen LogP contribution >= 0.6 is 0 Å². The lowest BCUT2D eigenvalue weighted by molar-refractivity contribution is -0.160. The van der Waals surface area contributed by atoms with Gasteiger partial charge in [0.25, 0.3) is 0 Å². The fourth-order valence-electron chi connectivity index (χ4n) is 8.26. The first kappa shape index (κ1) is 40.6. The molecule has 0 unspecified atom stereocenters. The van der Waals surface area contributed by atoms with Crippen LogP contribution in [-0.2, 0) is 33.9 Å². The van der Waals surface area contributed by atoms with E-state index in [4.69, 9.17) is 14.2 Å². The van der Waals surface area contributed by atoms with Gasteiger partial charge in [0.05, 0.1) is 47.6 Å². The quantitative estimate of drug-likeness (QED) is 0.247. The summed E-state index contributed by atoms with van der Waals surface area (Å²) in [5, 5.41) is 0.908. The van der Waals surface area contributed by atoms with Crippen LogP contribution in [0.25, 0.3) is 10.8 Å². The minimum atomic E-state index is -3.98. The van der Waals surface area contributed by atoms with Gasteiger partial charge < -0.3 is 19.1 Å². The molecule has 1 N–H and O–H groups in total. The number of aromatic nitrogens is 1. The van der Waals surface area contributed by atoms with Gasteiger partial charge in [-0.3, -0.25) is 23.9 Å². The highest BCUT2D eigenvalue weighted by atomic mass is 32.2. The number of rotatable bonds is 8. The van der Waals surface area contributed by atoms with Crippen LogP contribution < -0.4 is 14.2 Å². The Morgan fingerprint density at radius 1 is 1.11 bits per heavy atom. The van der Waals surface area contributed by atoms with Crippen LogP contribution in [0, 0.1) is 34.9 Å². The average molecular weight is 784 g/mol. The summed E-state index contributed by atoms with van der Waals surface area (Å²) < 4.78 is 59.8. The molecule has 55 heavy (non-hydrogen) atoms. The second-order valence-electron chi connectivity index (χ2n) is 17.5.